The van der Waals surface area contributed by atoms with Crippen molar-refractivity contribution in [3.05, 3.63) is 197 Å². The molecule has 10 rings (SSSR count). The van der Waals surface area contributed by atoms with Crippen molar-refractivity contribution < 1.29 is 0 Å². The molecule has 0 saturated carbocycles. The average molecular weight is 704 g/mol. The van der Waals surface area contributed by atoms with Crippen LogP contribution >= 0.6 is 0 Å². The number of anilines is 2. The molecular weight excluding hydrogens is 651 g/mol. The second kappa shape index (κ2) is 13.3. The molecule has 5 aromatic rings. The third-order valence-electron chi connectivity index (χ3n) is 13.8. The maximum absolute atomic E-state index is 2.70. The first-order valence-corrected chi connectivity index (χ1v) is 20.4. The number of nitrogens with zero attached hydrogens (tertiary/aromatic N) is 1. The predicted octanol–water partition coefficient (Wildman–Crippen LogP) is 13.9. The lowest BCUT2D eigenvalue weighted by molar-refractivity contribution is 0.215. The van der Waals surface area contributed by atoms with Crippen LogP contribution in [0, 0.1) is 11.8 Å². The Kier molecular flexibility index (Phi) is 8.53. The normalized spacial score (nSPS) is 26.3. The Morgan fingerprint density at radius 1 is 0.648 bits per heavy atom. The Morgan fingerprint density at radius 2 is 1.30 bits per heavy atom. The molecule has 0 N–H and O–H groups in total. The Labute approximate surface area is 323 Å². The Bertz CT molecular complexity index is 2350. The van der Waals surface area contributed by atoms with Gasteiger partial charge < -0.3 is 4.90 Å². The summed E-state index contributed by atoms with van der Waals surface area (Å²) in [5.41, 5.74) is 16.9. The second-order valence-corrected chi connectivity index (χ2v) is 16.3. The molecule has 0 aliphatic heterocycles. The van der Waals surface area contributed by atoms with Gasteiger partial charge in [-0.1, -0.05) is 173 Å². The highest BCUT2D eigenvalue weighted by Crippen LogP contribution is 2.69. The molecule has 5 aliphatic rings. The van der Waals surface area contributed by atoms with E-state index in [1.807, 2.05) is 13.8 Å². The van der Waals surface area contributed by atoms with Gasteiger partial charge in [-0.3, -0.25) is 0 Å². The Hall–Kier alpha value is -5.14. The first-order valence-electron chi connectivity index (χ1n) is 20.4. The SMILES string of the molecule is C/C=C\C1=C(C)C(C)(C)c2cc(N(c3ccccc3-c3ccccc3)C3C=CC4c5ccccc5C5(c6ccccc6C6C=CCC65)C4C3)ccc21.CC. The smallest absolute Gasteiger partial charge is 0.0526 e. The van der Waals surface area contributed by atoms with E-state index < -0.39 is 0 Å². The topological polar surface area (TPSA) is 3.24 Å². The van der Waals surface area contributed by atoms with Crippen molar-refractivity contribution in [1.82, 2.24) is 0 Å². The van der Waals surface area contributed by atoms with E-state index in [0.717, 1.165) is 12.8 Å². The van der Waals surface area contributed by atoms with Crippen molar-refractivity contribution in [2.24, 2.45) is 11.8 Å². The van der Waals surface area contributed by atoms with E-state index in [0.29, 0.717) is 23.7 Å². The molecule has 1 nitrogen and oxygen atoms in total. The highest BCUT2D eigenvalue weighted by molar-refractivity contribution is 5.89. The molecule has 270 valence electrons. The van der Waals surface area contributed by atoms with Gasteiger partial charge in [0.25, 0.3) is 0 Å². The van der Waals surface area contributed by atoms with Crippen LogP contribution in [0.5, 0.6) is 0 Å². The summed E-state index contributed by atoms with van der Waals surface area (Å²) in [6.45, 7) is 13.3. The minimum Gasteiger partial charge on any atom is -0.334 e. The molecule has 6 atom stereocenters. The van der Waals surface area contributed by atoms with E-state index in [4.69, 9.17) is 0 Å². The van der Waals surface area contributed by atoms with Crippen molar-refractivity contribution in [3.63, 3.8) is 0 Å². The van der Waals surface area contributed by atoms with Crippen LogP contribution in [0.15, 0.2) is 163 Å². The second-order valence-electron chi connectivity index (χ2n) is 16.3. The summed E-state index contributed by atoms with van der Waals surface area (Å²) in [7, 11) is 0. The van der Waals surface area contributed by atoms with Gasteiger partial charge in [0.15, 0.2) is 0 Å². The van der Waals surface area contributed by atoms with Crippen LogP contribution < -0.4 is 4.90 Å². The molecule has 0 bridgehead atoms. The van der Waals surface area contributed by atoms with Gasteiger partial charge in [0.2, 0.25) is 0 Å². The minimum atomic E-state index is -0.0481. The highest BCUT2D eigenvalue weighted by Gasteiger charge is 2.63. The molecule has 6 unspecified atom stereocenters. The molecule has 5 aromatic carbocycles. The first-order chi connectivity index (χ1) is 26.4. The molecule has 0 radical (unpaired) electrons. The molecule has 1 spiro atoms. The summed E-state index contributed by atoms with van der Waals surface area (Å²) < 4.78 is 0. The molecular formula is C53H53N. The maximum atomic E-state index is 2.70. The third-order valence-corrected chi connectivity index (χ3v) is 13.8. The monoisotopic (exact) mass is 703 g/mol. The summed E-state index contributed by atoms with van der Waals surface area (Å²) in [4.78, 5) is 2.70. The number of fused-ring (bicyclic) bond motifs is 11. The fraction of sp³-hybridized carbons (Fsp3) is 0.283. The minimum absolute atomic E-state index is 0.0119. The molecule has 0 fully saturated rings. The van der Waals surface area contributed by atoms with E-state index >= 15 is 0 Å². The van der Waals surface area contributed by atoms with Crippen LogP contribution in [0.1, 0.15) is 99.6 Å². The van der Waals surface area contributed by atoms with Gasteiger partial charge in [0.1, 0.15) is 0 Å². The van der Waals surface area contributed by atoms with Crippen molar-refractivity contribution in [2.45, 2.75) is 83.1 Å². The molecule has 54 heavy (non-hydrogen) atoms. The number of hydrogen-bond donors (Lipinski definition) is 0. The summed E-state index contributed by atoms with van der Waals surface area (Å²) in [6.07, 6.45) is 16.9. The largest absolute Gasteiger partial charge is 0.334 e. The van der Waals surface area contributed by atoms with Crippen LogP contribution in [-0.4, -0.2) is 6.04 Å². The predicted molar refractivity (Wildman–Crippen MR) is 230 cm³/mol. The number of allylic oxidation sites excluding steroid dienone is 7. The van der Waals surface area contributed by atoms with E-state index in [1.54, 1.807) is 16.7 Å². The van der Waals surface area contributed by atoms with Crippen LogP contribution in [0.2, 0.25) is 0 Å². The maximum Gasteiger partial charge on any atom is 0.0526 e. The molecule has 0 saturated heterocycles. The van der Waals surface area contributed by atoms with Crippen molar-refractivity contribution >= 4 is 16.9 Å². The summed E-state index contributed by atoms with van der Waals surface area (Å²) in [5, 5.41) is 0. The Morgan fingerprint density at radius 3 is 2.02 bits per heavy atom. The number of hydrogen-bond acceptors (Lipinski definition) is 1. The van der Waals surface area contributed by atoms with E-state index in [-0.39, 0.29) is 16.9 Å². The van der Waals surface area contributed by atoms with Gasteiger partial charge in [-0.2, -0.15) is 0 Å². The van der Waals surface area contributed by atoms with E-state index in [2.05, 4.69) is 190 Å². The van der Waals surface area contributed by atoms with Crippen molar-refractivity contribution in [3.8, 4) is 11.1 Å². The third kappa shape index (κ3) is 4.83. The van der Waals surface area contributed by atoms with Crippen LogP contribution in [-0.2, 0) is 10.8 Å². The quantitative estimate of drug-likeness (QED) is 0.165. The average Bonchev–Trinajstić information content (AvgIpc) is 3.94. The fourth-order valence-electron chi connectivity index (χ4n) is 11.4. The van der Waals surface area contributed by atoms with Gasteiger partial charge in [-0.25, -0.2) is 0 Å². The van der Waals surface area contributed by atoms with E-state index in [9.17, 15) is 0 Å². The van der Waals surface area contributed by atoms with Crippen LogP contribution in [0.3, 0.4) is 0 Å². The van der Waals surface area contributed by atoms with Gasteiger partial charge in [0, 0.05) is 39.6 Å². The number of benzene rings is 5. The first kappa shape index (κ1) is 34.6. The highest BCUT2D eigenvalue weighted by atomic mass is 15.2. The number of para-hydroxylation sites is 1. The Balaban J connectivity index is 0.00000189. The molecule has 0 aromatic heterocycles. The van der Waals surface area contributed by atoms with Crippen molar-refractivity contribution in [1.29, 1.82) is 0 Å². The van der Waals surface area contributed by atoms with Crippen LogP contribution in [0.25, 0.3) is 16.7 Å². The van der Waals surface area contributed by atoms with E-state index in [1.165, 1.54) is 50.3 Å². The van der Waals surface area contributed by atoms with Crippen LogP contribution in [0.4, 0.5) is 11.4 Å². The standard InChI is InChI=1S/C51H47N.C2H6/c1-5-16-37-33(2)50(3,4)47-31-35(27-29-42(37)47)52(49-26-14-11-19-38(49)34-17-7-6-8-18-34)36-28-30-43-40-21-10-13-24-45(40)51(48(43)32-36)44-23-12-9-20-39(44)41-22-15-25-46(41)51;1-2/h5-24,26-31,36,41,43,46,48H,25,32H2,1-4H3;1-2H3/b16-5-;. The van der Waals surface area contributed by atoms with Gasteiger partial charge in [0.05, 0.1) is 6.04 Å². The zero-order chi connectivity index (χ0) is 37.2. The van der Waals surface area contributed by atoms with Gasteiger partial charge in [-0.05, 0) is 101 Å². The lowest BCUT2D eigenvalue weighted by atomic mass is 9.60. The molecule has 1 heteroatoms. The number of rotatable bonds is 5. The zero-order valence-corrected chi connectivity index (χ0v) is 32.8. The van der Waals surface area contributed by atoms with Gasteiger partial charge >= 0.3 is 0 Å². The zero-order valence-electron chi connectivity index (χ0n) is 32.8. The lowest BCUT2D eigenvalue weighted by Gasteiger charge is -2.46. The molecule has 0 amide bonds. The summed E-state index contributed by atoms with van der Waals surface area (Å²) >= 11 is 0. The van der Waals surface area contributed by atoms with Gasteiger partial charge in [-0.15, -0.1) is 0 Å². The lowest BCUT2D eigenvalue weighted by Crippen LogP contribution is -2.44. The van der Waals surface area contributed by atoms with Crippen molar-refractivity contribution in [2.75, 3.05) is 4.90 Å². The molecule has 0 heterocycles. The fourth-order valence-corrected chi connectivity index (χ4v) is 11.4. The molecule has 5 aliphatic carbocycles. The summed E-state index contributed by atoms with van der Waals surface area (Å²) in [6, 6.07) is 46.5. The summed E-state index contributed by atoms with van der Waals surface area (Å²) in [5.74, 6) is 1.90.